The van der Waals surface area contributed by atoms with Crippen LogP contribution in [0.1, 0.15) is 47.7 Å². The lowest BCUT2D eigenvalue weighted by atomic mass is 9.97. The van der Waals surface area contributed by atoms with Crippen LogP contribution in [0.15, 0.2) is 36.7 Å². The first-order valence-electron chi connectivity index (χ1n) is 9.45. The van der Waals surface area contributed by atoms with Gasteiger partial charge in [-0.3, -0.25) is 4.79 Å². The molecule has 2 aliphatic rings. The third kappa shape index (κ3) is 4.21. The summed E-state index contributed by atoms with van der Waals surface area (Å²) in [4.78, 5) is 20.5. The van der Waals surface area contributed by atoms with Crippen molar-refractivity contribution in [3.63, 3.8) is 0 Å². The smallest absolute Gasteiger partial charge is 0.256 e. The van der Waals surface area contributed by atoms with Crippen LogP contribution in [0.25, 0.3) is 11.8 Å². The van der Waals surface area contributed by atoms with Crippen LogP contribution in [0.5, 0.6) is 0 Å². The van der Waals surface area contributed by atoms with Gasteiger partial charge in [0.05, 0.1) is 5.56 Å². The van der Waals surface area contributed by atoms with Crippen LogP contribution < -0.4 is 16.8 Å². The normalized spacial score (nSPS) is 15.1. The molecular formula is C21H25FN6O. The van der Waals surface area contributed by atoms with Crippen LogP contribution in [0.3, 0.4) is 0 Å². The monoisotopic (exact) mass is 396 g/mol. The summed E-state index contributed by atoms with van der Waals surface area (Å²) < 4.78 is 13.9. The third-order valence-corrected chi connectivity index (χ3v) is 4.84. The second-order valence-electron chi connectivity index (χ2n) is 6.85. The Hall–Kier alpha value is -3.42. The molecule has 0 spiro atoms. The Morgan fingerprint density at radius 3 is 2.69 bits per heavy atom. The molecule has 0 bridgehead atoms. The maximum Gasteiger partial charge on any atom is 0.256 e. The van der Waals surface area contributed by atoms with Crippen LogP contribution in [0.4, 0.5) is 16.2 Å². The van der Waals surface area contributed by atoms with Crippen LogP contribution in [-0.2, 0) is 0 Å². The van der Waals surface area contributed by atoms with Gasteiger partial charge >= 0.3 is 0 Å². The molecule has 152 valence electrons. The molecule has 0 unspecified atom stereocenters. The number of allylic oxidation sites excluding steroid dienone is 1. The maximum atomic E-state index is 13.9. The summed E-state index contributed by atoms with van der Waals surface area (Å²) in [5, 5.41) is 2.40. The van der Waals surface area contributed by atoms with Gasteiger partial charge < -0.3 is 21.7 Å². The lowest BCUT2D eigenvalue weighted by molar-refractivity contribution is 0.0963. The standard InChI is InChI=1S/C15H16FN.C6H9N5O/c1-3-12-9-11-5-4-6-14(16)15(11)10(2)17(12)13-7-8-13;1-9-5(12)3-2-10-6(8)11-4(3)7/h4-6,9,13H,2-3,7-8H2,1H3;2H,1H3,(H,9,12)(H4,7,8,10,11). The average molecular weight is 396 g/mol. The Morgan fingerprint density at radius 2 is 2.10 bits per heavy atom. The van der Waals surface area contributed by atoms with E-state index in [2.05, 4.69) is 39.8 Å². The summed E-state index contributed by atoms with van der Waals surface area (Å²) in [5.74, 6) is -0.348. The number of carbonyl (C=O) groups is 1. The van der Waals surface area contributed by atoms with Crippen molar-refractivity contribution in [1.82, 2.24) is 20.2 Å². The van der Waals surface area contributed by atoms with E-state index in [1.807, 2.05) is 6.07 Å². The number of rotatable bonds is 3. The third-order valence-electron chi connectivity index (χ3n) is 4.84. The number of carbonyl (C=O) groups excluding carboxylic acids is 1. The van der Waals surface area contributed by atoms with Crippen molar-refractivity contribution in [3.8, 4) is 0 Å². The molecule has 0 radical (unpaired) electrons. The molecular weight excluding hydrogens is 371 g/mol. The molecule has 1 aromatic heterocycles. The van der Waals surface area contributed by atoms with Crippen LogP contribution in [0, 0.1) is 5.82 Å². The van der Waals surface area contributed by atoms with Gasteiger partial charge in [0.1, 0.15) is 11.6 Å². The van der Waals surface area contributed by atoms with Gasteiger partial charge in [-0.05, 0) is 37.0 Å². The minimum atomic E-state index is -0.326. The molecule has 0 atom stereocenters. The van der Waals surface area contributed by atoms with Crippen molar-refractivity contribution in [2.45, 2.75) is 32.2 Å². The van der Waals surface area contributed by atoms with E-state index in [1.54, 1.807) is 6.07 Å². The fourth-order valence-corrected chi connectivity index (χ4v) is 3.29. The molecule has 1 fully saturated rings. The lowest BCUT2D eigenvalue weighted by Gasteiger charge is -2.33. The molecule has 5 N–H and O–H groups in total. The van der Waals surface area contributed by atoms with Gasteiger partial charge in [-0.15, -0.1) is 0 Å². The minimum absolute atomic E-state index is 0.0557. The summed E-state index contributed by atoms with van der Waals surface area (Å²) in [5.41, 5.74) is 14.6. The molecule has 1 amide bonds. The first kappa shape index (κ1) is 20.3. The topological polar surface area (TPSA) is 110 Å². The fraction of sp³-hybridized carbons (Fsp3) is 0.286. The van der Waals surface area contributed by atoms with Gasteiger partial charge in [-0.1, -0.05) is 25.6 Å². The number of nitrogens with two attached hydrogens (primary N) is 2. The van der Waals surface area contributed by atoms with E-state index >= 15 is 0 Å². The summed E-state index contributed by atoms with van der Waals surface area (Å²) in [6, 6.07) is 5.78. The molecule has 7 nitrogen and oxygen atoms in total. The van der Waals surface area contributed by atoms with E-state index in [-0.39, 0.29) is 29.1 Å². The predicted octanol–water partition coefficient (Wildman–Crippen LogP) is 3.03. The highest BCUT2D eigenvalue weighted by Gasteiger charge is 2.35. The average Bonchev–Trinajstić information content (AvgIpc) is 3.52. The second kappa shape index (κ2) is 8.30. The number of hydrogen-bond donors (Lipinski definition) is 3. The van der Waals surface area contributed by atoms with E-state index in [9.17, 15) is 9.18 Å². The minimum Gasteiger partial charge on any atom is -0.383 e. The Kier molecular flexibility index (Phi) is 5.81. The number of anilines is 2. The Bertz CT molecular complexity index is 983. The lowest BCUT2D eigenvalue weighted by Crippen LogP contribution is -2.26. The summed E-state index contributed by atoms with van der Waals surface area (Å²) in [7, 11) is 1.50. The molecule has 0 saturated heterocycles. The molecule has 1 aromatic carbocycles. The fourth-order valence-electron chi connectivity index (χ4n) is 3.29. The van der Waals surface area contributed by atoms with Crippen LogP contribution >= 0.6 is 0 Å². The number of fused-ring (bicyclic) bond motifs is 1. The molecule has 2 aromatic rings. The van der Waals surface area contributed by atoms with E-state index < -0.39 is 0 Å². The molecule has 8 heteroatoms. The molecule has 4 rings (SSSR count). The molecule has 1 saturated carbocycles. The summed E-state index contributed by atoms with van der Waals surface area (Å²) in [6.45, 7) is 6.24. The zero-order chi connectivity index (χ0) is 21.1. The molecule has 29 heavy (non-hydrogen) atoms. The SMILES string of the molecule is C=C1c2c(F)cccc2C=C(CC)N1C1CC1.CNC(=O)c1cnc(N)nc1N. The van der Waals surface area contributed by atoms with E-state index in [0.717, 1.165) is 17.7 Å². The zero-order valence-corrected chi connectivity index (χ0v) is 16.6. The van der Waals surface area contributed by atoms with Crippen molar-refractivity contribution in [2.24, 2.45) is 0 Å². The van der Waals surface area contributed by atoms with Gasteiger partial charge in [0.2, 0.25) is 5.95 Å². The van der Waals surface area contributed by atoms with Crippen molar-refractivity contribution in [3.05, 3.63) is 59.2 Å². The highest BCUT2D eigenvalue weighted by Crippen LogP contribution is 2.42. The highest BCUT2D eigenvalue weighted by molar-refractivity contribution is 5.97. The number of halogens is 1. The number of nitrogens with zero attached hydrogens (tertiary/aromatic N) is 3. The molecule has 1 aliphatic heterocycles. The predicted molar refractivity (Wildman–Crippen MR) is 113 cm³/mol. The zero-order valence-electron chi connectivity index (χ0n) is 16.6. The maximum absolute atomic E-state index is 13.9. The number of aromatic nitrogens is 2. The largest absolute Gasteiger partial charge is 0.383 e. The van der Waals surface area contributed by atoms with Gasteiger partial charge in [-0.2, -0.15) is 4.98 Å². The van der Waals surface area contributed by atoms with Crippen LogP contribution in [-0.4, -0.2) is 33.9 Å². The van der Waals surface area contributed by atoms with Crippen molar-refractivity contribution < 1.29 is 9.18 Å². The van der Waals surface area contributed by atoms with Gasteiger partial charge in [0.25, 0.3) is 5.91 Å². The number of benzene rings is 1. The van der Waals surface area contributed by atoms with Crippen molar-refractivity contribution >= 4 is 29.4 Å². The summed E-state index contributed by atoms with van der Waals surface area (Å²) in [6.07, 6.45) is 6.74. The van der Waals surface area contributed by atoms with E-state index in [1.165, 1.54) is 37.8 Å². The summed E-state index contributed by atoms with van der Waals surface area (Å²) >= 11 is 0. The molecule has 2 heterocycles. The first-order chi connectivity index (χ1) is 13.9. The first-order valence-corrected chi connectivity index (χ1v) is 9.45. The second-order valence-corrected chi connectivity index (χ2v) is 6.85. The quantitative estimate of drug-likeness (QED) is 0.736. The van der Waals surface area contributed by atoms with Crippen molar-refractivity contribution in [2.75, 3.05) is 18.5 Å². The van der Waals surface area contributed by atoms with Crippen LogP contribution in [0.2, 0.25) is 0 Å². The van der Waals surface area contributed by atoms with Gasteiger partial charge in [0, 0.05) is 36.2 Å². The number of nitrogen functional groups attached to an aromatic ring is 2. The Labute approximate surface area is 169 Å². The number of amides is 1. The van der Waals surface area contributed by atoms with Crippen molar-refractivity contribution in [1.29, 1.82) is 0 Å². The van der Waals surface area contributed by atoms with Gasteiger partial charge in [0.15, 0.2) is 0 Å². The highest BCUT2D eigenvalue weighted by atomic mass is 19.1. The van der Waals surface area contributed by atoms with Gasteiger partial charge in [-0.25, -0.2) is 9.37 Å². The van der Waals surface area contributed by atoms with E-state index in [0.29, 0.717) is 11.6 Å². The number of hydrogen-bond acceptors (Lipinski definition) is 6. The van der Waals surface area contributed by atoms with E-state index in [4.69, 9.17) is 11.5 Å². The Morgan fingerprint density at radius 1 is 1.38 bits per heavy atom. The molecule has 1 aliphatic carbocycles. The number of nitrogens with one attached hydrogen (secondary N) is 1. The Balaban J connectivity index is 0.000000177.